The molecule has 0 bridgehead atoms. The van der Waals surface area contributed by atoms with Crippen molar-refractivity contribution in [2.45, 2.75) is 26.2 Å². The second-order valence-corrected chi connectivity index (χ2v) is 18.1. The van der Waals surface area contributed by atoms with Crippen molar-refractivity contribution in [2.75, 3.05) is 0 Å². The van der Waals surface area contributed by atoms with Crippen molar-refractivity contribution < 1.29 is 44.1 Å². The summed E-state index contributed by atoms with van der Waals surface area (Å²) in [5.41, 5.74) is 7.09. The summed E-state index contributed by atoms with van der Waals surface area (Å²) in [5.74, 6) is 1.51. The standard InChI is InChI=1S/C64H45N5O.Pt/c1-64(2,3)45-36-37-65-62(38-45)69-58-31-15-12-26-54(58)55-34-33-49(41-60(55)69)70-48-23-16-22-46(39-48)66-42-67(63-50(43-18-6-4-7-19-43)27-17-28-51(63)44-20-8-5-9-21-44)59-35-32-47(40-61(59)66)68-56-29-13-10-24-52(56)53-25-11-14-30-57(53)68;/h4-38,40H,1-3H3;/q-2;/i4D,5D,6D,7D,8D,9D,18D,19D,20D,21D;. The Labute approximate surface area is 440 Å². The number of nitrogens with zero attached hydrogens (tertiary/aromatic N) is 5. The fourth-order valence-corrected chi connectivity index (χ4v) is 9.66. The molecule has 9 aromatic carbocycles. The molecule has 344 valence electrons. The van der Waals surface area contributed by atoms with Crippen LogP contribution in [-0.2, 0) is 26.5 Å². The molecule has 0 aliphatic carbocycles. The van der Waals surface area contributed by atoms with Crippen LogP contribution in [0.2, 0.25) is 0 Å². The maximum atomic E-state index is 9.22. The van der Waals surface area contributed by atoms with E-state index in [1.54, 1.807) is 33.4 Å². The van der Waals surface area contributed by atoms with E-state index >= 15 is 0 Å². The molecule has 13 rings (SSSR count). The summed E-state index contributed by atoms with van der Waals surface area (Å²) >= 11 is 0. The summed E-state index contributed by atoms with van der Waals surface area (Å²) in [6.07, 6.45) is 5.37. The van der Waals surface area contributed by atoms with Crippen molar-refractivity contribution in [3.8, 4) is 56.6 Å². The Balaban J connectivity index is 0.00000651. The van der Waals surface area contributed by atoms with Gasteiger partial charge in [0.2, 0.25) is 0 Å². The minimum Gasteiger partial charge on any atom is -0.510 e. The van der Waals surface area contributed by atoms with Gasteiger partial charge in [0.05, 0.1) is 41.5 Å². The molecular formula is C64H45N5OPt-2. The Hall–Kier alpha value is -8.31. The Bertz CT molecular complexity index is 4570. The Morgan fingerprint density at radius 3 is 1.79 bits per heavy atom. The Morgan fingerprint density at radius 2 is 1.14 bits per heavy atom. The van der Waals surface area contributed by atoms with Crippen LogP contribution in [0.25, 0.3) is 99.8 Å². The zero-order chi connectivity index (χ0) is 55.6. The number of hydrogen-bond donors (Lipinski definition) is 0. The number of aromatic nitrogens is 5. The topological polar surface area (TPSA) is 40.8 Å². The third-order valence-electron chi connectivity index (χ3n) is 12.9. The molecule has 0 unspecified atom stereocenters. The van der Waals surface area contributed by atoms with Crippen molar-refractivity contribution in [3.63, 3.8) is 0 Å². The first-order valence-electron chi connectivity index (χ1n) is 27.9. The molecule has 0 fully saturated rings. The molecule has 0 N–H and O–H groups in total. The molecular weight excluding hydrogens is 1050 g/mol. The molecule has 0 atom stereocenters. The maximum absolute atomic E-state index is 9.22. The van der Waals surface area contributed by atoms with Crippen LogP contribution in [0.1, 0.15) is 40.0 Å². The summed E-state index contributed by atoms with van der Waals surface area (Å²) in [6.45, 7) is 6.51. The van der Waals surface area contributed by atoms with Crippen LogP contribution < -0.4 is 9.30 Å². The van der Waals surface area contributed by atoms with Crippen molar-refractivity contribution in [3.05, 3.63) is 242 Å². The first-order chi connectivity index (χ1) is 38.5. The first kappa shape index (κ1) is 34.1. The molecule has 0 aliphatic rings. The predicted molar refractivity (Wildman–Crippen MR) is 284 cm³/mol. The van der Waals surface area contributed by atoms with E-state index in [-0.39, 0.29) is 54.4 Å². The quantitative estimate of drug-likeness (QED) is 0.112. The molecule has 13 aromatic rings. The minimum atomic E-state index is -0.582. The van der Waals surface area contributed by atoms with E-state index in [0.29, 0.717) is 28.2 Å². The van der Waals surface area contributed by atoms with Crippen molar-refractivity contribution >= 4 is 54.6 Å². The van der Waals surface area contributed by atoms with Crippen molar-refractivity contribution in [1.82, 2.24) is 18.7 Å². The number of rotatable bonds is 8. The molecule has 0 aliphatic heterocycles. The number of fused-ring (bicyclic) bond motifs is 7. The molecule has 0 amide bonds. The molecule has 0 saturated heterocycles. The smallest absolute Gasteiger partial charge is 0.268 e. The van der Waals surface area contributed by atoms with Gasteiger partial charge in [0.1, 0.15) is 5.82 Å². The van der Waals surface area contributed by atoms with Crippen LogP contribution in [0, 0.1) is 18.5 Å². The molecule has 4 aromatic heterocycles. The van der Waals surface area contributed by atoms with Crippen LogP contribution in [0.3, 0.4) is 0 Å². The van der Waals surface area contributed by atoms with E-state index in [4.69, 9.17) is 17.9 Å². The number of benzene rings is 9. The van der Waals surface area contributed by atoms with Crippen LogP contribution in [-0.4, -0.2) is 18.7 Å². The summed E-state index contributed by atoms with van der Waals surface area (Å²) in [7, 11) is 0. The van der Waals surface area contributed by atoms with Crippen LogP contribution in [0.5, 0.6) is 11.5 Å². The molecule has 4 heterocycles. The van der Waals surface area contributed by atoms with Gasteiger partial charge >= 0.3 is 0 Å². The summed E-state index contributed by atoms with van der Waals surface area (Å²) < 4.78 is 103. The van der Waals surface area contributed by atoms with E-state index in [2.05, 4.69) is 90.8 Å². The average molecular weight is 1110 g/mol. The number of para-hydroxylation sites is 4. The minimum absolute atomic E-state index is 0. The van der Waals surface area contributed by atoms with E-state index in [0.717, 1.165) is 60.7 Å². The SMILES string of the molecule is [2H]c1c([2H])c([2H])c(-c2cccc(-c3c([2H])c([2H])c([2H])c([2H])c3[2H])c2-[n+]2[c-]n(-c3[c-]c(Oc4[c-]c5c(cc4)c4ccccc4n5-c4cc(C(C)(C)C)ccn4)ccc3)c3cc(-n4c5ccccc5c5ccccc54)ccc32)c([2H])c1[2H].[Pt]. The largest absolute Gasteiger partial charge is 0.510 e. The zero-order valence-corrected chi connectivity index (χ0v) is 40.7. The van der Waals surface area contributed by atoms with Gasteiger partial charge in [0.25, 0.3) is 6.33 Å². The summed E-state index contributed by atoms with van der Waals surface area (Å²) in [4.78, 5) is 4.84. The molecule has 0 saturated carbocycles. The number of hydrogen-bond acceptors (Lipinski definition) is 2. The normalized spacial score (nSPS) is 13.7. The van der Waals surface area contributed by atoms with Crippen LogP contribution >= 0.6 is 0 Å². The second kappa shape index (κ2) is 17.6. The van der Waals surface area contributed by atoms with Gasteiger partial charge in [-0.3, -0.25) is 4.57 Å². The molecule has 0 spiro atoms. The fourth-order valence-electron chi connectivity index (χ4n) is 9.66. The monoisotopic (exact) mass is 1100 g/mol. The number of imidazole rings is 1. The van der Waals surface area contributed by atoms with Crippen LogP contribution in [0.4, 0.5) is 0 Å². The Kier molecular flexibility index (Phi) is 8.43. The first-order valence-corrected chi connectivity index (χ1v) is 22.9. The van der Waals surface area contributed by atoms with Gasteiger partial charge in [-0.1, -0.05) is 166 Å². The van der Waals surface area contributed by atoms with Gasteiger partial charge in [-0.05, 0) is 86.8 Å². The van der Waals surface area contributed by atoms with Gasteiger partial charge in [-0.2, -0.15) is 18.2 Å². The molecule has 0 radical (unpaired) electrons. The fraction of sp³-hybridized carbons (Fsp3) is 0.0625. The van der Waals surface area contributed by atoms with Crippen molar-refractivity contribution in [2.24, 2.45) is 0 Å². The second-order valence-electron chi connectivity index (χ2n) is 18.1. The molecule has 7 heteroatoms. The van der Waals surface area contributed by atoms with Gasteiger partial charge in [-0.15, -0.1) is 29.7 Å². The summed E-state index contributed by atoms with van der Waals surface area (Å²) in [6, 6.07) is 50.3. The van der Waals surface area contributed by atoms with E-state index < -0.39 is 60.4 Å². The van der Waals surface area contributed by atoms with Crippen LogP contribution in [0.15, 0.2) is 218 Å². The summed E-state index contributed by atoms with van der Waals surface area (Å²) in [5, 5.41) is 4.12. The van der Waals surface area contributed by atoms with E-state index in [1.807, 2.05) is 91.1 Å². The third kappa shape index (κ3) is 7.54. The van der Waals surface area contributed by atoms with Crippen molar-refractivity contribution in [1.29, 1.82) is 0 Å². The zero-order valence-electron chi connectivity index (χ0n) is 48.5. The molecule has 6 nitrogen and oxygen atoms in total. The molecule has 71 heavy (non-hydrogen) atoms. The predicted octanol–water partition coefficient (Wildman–Crippen LogP) is 15.3. The van der Waals surface area contributed by atoms with Gasteiger partial charge in [0.15, 0.2) is 0 Å². The number of ether oxygens (including phenoxy) is 1. The van der Waals surface area contributed by atoms with E-state index in [1.165, 1.54) is 0 Å². The Morgan fingerprint density at radius 1 is 0.549 bits per heavy atom. The van der Waals surface area contributed by atoms with E-state index in [9.17, 15) is 5.48 Å². The average Bonchev–Trinajstić information content (AvgIpc) is 4.19. The maximum Gasteiger partial charge on any atom is 0.268 e. The third-order valence-corrected chi connectivity index (χ3v) is 12.9. The van der Waals surface area contributed by atoms with Gasteiger partial charge in [-0.25, -0.2) is 4.98 Å². The van der Waals surface area contributed by atoms with Gasteiger partial charge < -0.3 is 18.4 Å². The van der Waals surface area contributed by atoms with Gasteiger partial charge in [0, 0.05) is 60.7 Å². The number of pyridine rings is 1.